The van der Waals surface area contributed by atoms with Gasteiger partial charge in [0.15, 0.2) is 0 Å². The normalized spacial score (nSPS) is 22.6. The highest BCUT2D eigenvalue weighted by Gasteiger charge is 2.21. The zero-order chi connectivity index (χ0) is 9.80. The molecule has 1 amide bonds. The van der Waals surface area contributed by atoms with Gasteiger partial charge in [-0.2, -0.15) is 0 Å². The van der Waals surface area contributed by atoms with Crippen LogP contribution in [0.25, 0.3) is 0 Å². The van der Waals surface area contributed by atoms with E-state index in [-0.39, 0.29) is 11.9 Å². The van der Waals surface area contributed by atoms with Crippen molar-refractivity contribution in [3.63, 3.8) is 0 Å². The molecule has 2 N–H and O–H groups in total. The first-order valence-electron chi connectivity index (χ1n) is 4.79. The lowest BCUT2D eigenvalue weighted by Crippen LogP contribution is -2.33. The average Bonchev–Trinajstić information content (AvgIpc) is 2.44. The molecule has 0 bridgehead atoms. The van der Waals surface area contributed by atoms with Crippen LogP contribution in [-0.2, 0) is 4.79 Å². The standard InChI is InChI=1S/C10H13N3O/c14-10-9(12-4-1-5-13-10)8-2-6-11-7-3-8/h2-3,6-7,9,12H,1,4-5H2,(H,13,14). The third kappa shape index (κ3) is 1.90. The van der Waals surface area contributed by atoms with Gasteiger partial charge in [0.25, 0.3) is 0 Å². The van der Waals surface area contributed by atoms with E-state index in [1.165, 1.54) is 0 Å². The van der Waals surface area contributed by atoms with Crippen LogP contribution in [0, 0.1) is 0 Å². The third-order valence-corrected chi connectivity index (χ3v) is 2.30. The Balaban J connectivity index is 2.19. The number of carbonyl (C=O) groups is 1. The topological polar surface area (TPSA) is 54.0 Å². The lowest BCUT2D eigenvalue weighted by atomic mass is 10.1. The van der Waals surface area contributed by atoms with Gasteiger partial charge >= 0.3 is 0 Å². The molecule has 2 rings (SSSR count). The van der Waals surface area contributed by atoms with Crippen molar-refractivity contribution in [1.29, 1.82) is 0 Å². The molecule has 1 atom stereocenters. The van der Waals surface area contributed by atoms with Crippen LogP contribution in [0.15, 0.2) is 24.5 Å². The molecule has 0 radical (unpaired) electrons. The van der Waals surface area contributed by atoms with Gasteiger partial charge in [0.1, 0.15) is 6.04 Å². The van der Waals surface area contributed by atoms with Crippen LogP contribution in [0.2, 0.25) is 0 Å². The van der Waals surface area contributed by atoms with Crippen molar-refractivity contribution in [2.24, 2.45) is 0 Å². The minimum absolute atomic E-state index is 0.0497. The molecular formula is C10H13N3O. The van der Waals surface area contributed by atoms with E-state index in [4.69, 9.17) is 0 Å². The number of aromatic nitrogens is 1. The maximum absolute atomic E-state index is 11.6. The lowest BCUT2D eigenvalue weighted by molar-refractivity contribution is -0.122. The molecular weight excluding hydrogens is 178 g/mol. The Kier molecular flexibility index (Phi) is 2.74. The molecule has 1 saturated heterocycles. The van der Waals surface area contributed by atoms with Gasteiger partial charge in [-0.1, -0.05) is 0 Å². The van der Waals surface area contributed by atoms with E-state index in [1.54, 1.807) is 12.4 Å². The van der Waals surface area contributed by atoms with Crippen molar-refractivity contribution in [3.05, 3.63) is 30.1 Å². The van der Waals surface area contributed by atoms with E-state index >= 15 is 0 Å². The number of hydrogen-bond donors (Lipinski definition) is 2. The molecule has 1 aliphatic rings. The molecule has 1 unspecified atom stereocenters. The van der Waals surface area contributed by atoms with Gasteiger partial charge in [-0.05, 0) is 30.7 Å². The summed E-state index contributed by atoms with van der Waals surface area (Å²) in [4.78, 5) is 15.5. The molecule has 4 heteroatoms. The smallest absolute Gasteiger partial charge is 0.241 e. The molecule has 1 fully saturated rings. The molecule has 1 aromatic heterocycles. The maximum atomic E-state index is 11.6. The van der Waals surface area contributed by atoms with Gasteiger partial charge in [0.2, 0.25) is 5.91 Å². The van der Waals surface area contributed by atoms with Crippen LogP contribution in [0.3, 0.4) is 0 Å². The molecule has 1 aliphatic heterocycles. The number of nitrogens with one attached hydrogen (secondary N) is 2. The fourth-order valence-electron chi connectivity index (χ4n) is 1.57. The summed E-state index contributed by atoms with van der Waals surface area (Å²) in [5.41, 5.74) is 0.972. The van der Waals surface area contributed by atoms with Gasteiger partial charge in [0, 0.05) is 18.9 Å². The molecule has 0 saturated carbocycles. The van der Waals surface area contributed by atoms with Crippen LogP contribution in [0.4, 0.5) is 0 Å². The van der Waals surface area contributed by atoms with Crippen molar-refractivity contribution in [1.82, 2.24) is 15.6 Å². The highest BCUT2D eigenvalue weighted by molar-refractivity contribution is 5.83. The molecule has 0 aromatic carbocycles. The predicted molar refractivity (Wildman–Crippen MR) is 52.6 cm³/mol. The maximum Gasteiger partial charge on any atom is 0.241 e. The summed E-state index contributed by atoms with van der Waals surface area (Å²) in [6.07, 6.45) is 4.39. The first-order valence-corrected chi connectivity index (χ1v) is 4.79. The Morgan fingerprint density at radius 3 is 2.86 bits per heavy atom. The monoisotopic (exact) mass is 191 g/mol. The summed E-state index contributed by atoms with van der Waals surface area (Å²) >= 11 is 0. The van der Waals surface area contributed by atoms with Crippen molar-refractivity contribution < 1.29 is 4.79 Å². The zero-order valence-electron chi connectivity index (χ0n) is 7.86. The summed E-state index contributed by atoms with van der Waals surface area (Å²) in [5, 5.41) is 6.08. The van der Waals surface area contributed by atoms with Gasteiger partial charge in [0.05, 0.1) is 0 Å². The summed E-state index contributed by atoms with van der Waals surface area (Å²) in [6, 6.07) is 3.51. The van der Waals surface area contributed by atoms with Crippen molar-refractivity contribution in [2.75, 3.05) is 13.1 Å². The molecule has 0 aliphatic carbocycles. The molecule has 1 aromatic rings. The van der Waals surface area contributed by atoms with Crippen LogP contribution in [0.1, 0.15) is 18.0 Å². The van der Waals surface area contributed by atoms with Crippen LogP contribution in [0.5, 0.6) is 0 Å². The fourth-order valence-corrected chi connectivity index (χ4v) is 1.57. The number of pyridine rings is 1. The van der Waals surface area contributed by atoms with E-state index in [9.17, 15) is 4.79 Å². The highest BCUT2D eigenvalue weighted by atomic mass is 16.2. The Morgan fingerprint density at radius 1 is 1.29 bits per heavy atom. The van der Waals surface area contributed by atoms with Gasteiger partial charge in [-0.3, -0.25) is 9.78 Å². The Hall–Kier alpha value is -1.42. The number of hydrogen-bond acceptors (Lipinski definition) is 3. The van der Waals surface area contributed by atoms with Crippen molar-refractivity contribution >= 4 is 5.91 Å². The van der Waals surface area contributed by atoms with Crippen LogP contribution >= 0.6 is 0 Å². The lowest BCUT2D eigenvalue weighted by Gasteiger charge is -2.14. The SMILES string of the molecule is O=C1NCCCNC1c1ccncc1. The summed E-state index contributed by atoms with van der Waals surface area (Å²) in [6.45, 7) is 1.62. The van der Waals surface area contributed by atoms with E-state index < -0.39 is 0 Å². The second kappa shape index (κ2) is 4.19. The highest BCUT2D eigenvalue weighted by Crippen LogP contribution is 2.12. The Bertz CT molecular complexity index is 312. The minimum Gasteiger partial charge on any atom is -0.354 e. The number of carbonyl (C=O) groups excluding carboxylic acids is 1. The fraction of sp³-hybridized carbons (Fsp3) is 0.400. The zero-order valence-corrected chi connectivity index (χ0v) is 7.86. The number of rotatable bonds is 1. The second-order valence-electron chi connectivity index (χ2n) is 3.31. The largest absolute Gasteiger partial charge is 0.354 e. The van der Waals surface area contributed by atoms with Gasteiger partial charge in [-0.25, -0.2) is 0 Å². The van der Waals surface area contributed by atoms with Gasteiger partial charge in [-0.15, -0.1) is 0 Å². The van der Waals surface area contributed by atoms with Crippen molar-refractivity contribution in [2.45, 2.75) is 12.5 Å². The summed E-state index contributed by atoms with van der Waals surface area (Å²) < 4.78 is 0. The Morgan fingerprint density at radius 2 is 2.07 bits per heavy atom. The Labute approximate surface area is 82.7 Å². The summed E-state index contributed by atoms with van der Waals surface area (Å²) in [7, 11) is 0. The van der Waals surface area contributed by atoms with Crippen LogP contribution in [-0.4, -0.2) is 24.0 Å². The van der Waals surface area contributed by atoms with Crippen molar-refractivity contribution in [3.8, 4) is 0 Å². The summed E-state index contributed by atoms with van der Waals surface area (Å²) in [5.74, 6) is 0.0497. The van der Waals surface area contributed by atoms with E-state index in [0.29, 0.717) is 0 Å². The van der Waals surface area contributed by atoms with E-state index in [2.05, 4.69) is 15.6 Å². The second-order valence-corrected chi connectivity index (χ2v) is 3.31. The predicted octanol–water partition coefficient (Wildman–Crippen LogP) is 0.232. The first-order chi connectivity index (χ1) is 6.88. The number of amides is 1. The first kappa shape index (κ1) is 9.15. The van der Waals surface area contributed by atoms with E-state index in [0.717, 1.165) is 25.1 Å². The van der Waals surface area contributed by atoms with Gasteiger partial charge < -0.3 is 10.6 Å². The molecule has 14 heavy (non-hydrogen) atoms. The third-order valence-electron chi connectivity index (χ3n) is 2.30. The molecule has 74 valence electrons. The van der Waals surface area contributed by atoms with E-state index in [1.807, 2.05) is 12.1 Å². The number of nitrogens with zero attached hydrogens (tertiary/aromatic N) is 1. The molecule has 2 heterocycles. The minimum atomic E-state index is -0.222. The quantitative estimate of drug-likeness (QED) is 0.668. The average molecular weight is 191 g/mol. The molecule has 0 spiro atoms. The molecule has 4 nitrogen and oxygen atoms in total. The van der Waals surface area contributed by atoms with Crippen LogP contribution < -0.4 is 10.6 Å².